The Morgan fingerprint density at radius 1 is 1.38 bits per heavy atom. The van der Waals surface area contributed by atoms with Gasteiger partial charge in [-0.1, -0.05) is 6.08 Å². The monoisotopic (exact) mass is 180 g/mol. The van der Waals surface area contributed by atoms with Crippen LogP contribution >= 0.6 is 0 Å². The van der Waals surface area contributed by atoms with E-state index in [1.807, 2.05) is 0 Å². The maximum absolute atomic E-state index is 11.0. The highest BCUT2D eigenvalue weighted by molar-refractivity contribution is 5.92. The summed E-state index contributed by atoms with van der Waals surface area (Å²) in [4.78, 5) is 21.7. The Balaban J connectivity index is 2.96. The molecule has 0 aliphatic heterocycles. The summed E-state index contributed by atoms with van der Waals surface area (Å²) in [6.07, 6.45) is 4.60. The molecule has 0 atom stereocenters. The Bertz CT molecular complexity index is 297. The number of allylic oxidation sites excluding steroid dienone is 3. The van der Waals surface area contributed by atoms with Crippen molar-refractivity contribution in [3.8, 4) is 0 Å². The molecule has 0 radical (unpaired) electrons. The van der Waals surface area contributed by atoms with Gasteiger partial charge in [-0.05, 0) is 31.4 Å². The van der Waals surface area contributed by atoms with Gasteiger partial charge in [-0.2, -0.15) is 0 Å². The van der Waals surface area contributed by atoms with E-state index in [4.69, 9.17) is 5.11 Å². The fourth-order valence-corrected chi connectivity index (χ4v) is 1.31. The summed E-state index contributed by atoms with van der Waals surface area (Å²) in [6.45, 7) is 1.72. The molecule has 70 valence electrons. The number of hydrogen-bond donors (Lipinski definition) is 1. The lowest BCUT2D eigenvalue weighted by molar-refractivity contribution is -0.133. The second-order valence-electron chi connectivity index (χ2n) is 3.12. The van der Waals surface area contributed by atoms with Gasteiger partial charge in [0.15, 0.2) is 5.78 Å². The maximum atomic E-state index is 11.0. The summed E-state index contributed by atoms with van der Waals surface area (Å²) < 4.78 is 0. The van der Waals surface area contributed by atoms with Gasteiger partial charge in [0.1, 0.15) is 0 Å². The maximum Gasteiger partial charge on any atom is 0.331 e. The second kappa shape index (κ2) is 4.03. The molecule has 3 nitrogen and oxygen atoms in total. The molecule has 0 saturated carbocycles. The quantitative estimate of drug-likeness (QED) is 0.668. The van der Waals surface area contributed by atoms with Crippen LogP contribution in [0.15, 0.2) is 23.3 Å². The minimum Gasteiger partial charge on any atom is -0.478 e. The third-order valence-corrected chi connectivity index (χ3v) is 2.10. The number of carboxylic acid groups (broad SMARTS) is 1. The van der Waals surface area contributed by atoms with E-state index in [1.165, 1.54) is 6.08 Å². The smallest absolute Gasteiger partial charge is 0.331 e. The molecule has 0 aromatic heterocycles. The normalized spacial score (nSPS) is 18.4. The van der Waals surface area contributed by atoms with Crippen molar-refractivity contribution < 1.29 is 14.7 Å². The zero-order valence-corrected chi connectivity index (χ0v) is 7.54. The Labute approximate surface area is 76.8 Å². The predicted octanol–water partition coefficient (Wildman–Crippen LogP) is 1.70. The topological polar surface area (TPSA) is 54.4 Å². The molecule has 0 bridgehead atoms. The first-order chi connectivity index (χ1) is 6.11. The van der Waals surface area contributed by atoms with E-state index in [2.05, 4.69) is 0 Å². The minimum absolute atomic E-state index is 0.0730. The molecule has 0 saturated heterocycles. The number of rotatable bonds is 1. The van der Waals surface area contributed by atoms with Crippen LogP contribution in [0.1, 0.15) is 26.2 Å². The average molecular weight is 180 g/mol. The minimum atomic E-state index is -0.878. The Morgan fingerprint density at radius 2 is 2.08 bits per heavy atom. The molecule has 0 amide bonds. The SMILES string of the molecule is CC1=C(C(=O)O)CCCC(=O)C=C1. The van der Waals surface area contributed by atoms with Crippen LogP contribution in [0.3, 0.4) is 0 Å². The van der Waals surface area contributed by atoms with Crippen LogP contribution in [0.4, 0.5) is 0 Å². The first kappa shape index (κ1) is 9.71. The molecule has 0 fully saturated rings. The highest BCUT2D eigenvalue weighted by Gasteiger charge is 2.12. The van der Waals surface area contributed by atoms with Crippen molar-refractivity contribution in [2.24, 2.45) is 0 Å². The van der Waals surface area contributed by atoms with E-state index < -0.39 is 5.97 Å². The number of carbonyl (C=O) groups is 2. The van der Waals surface area contributed by atoms with Crippen LogP contribution in [-0.2, 0) is 9.59 Å². The van der Waals surface area contributed by atoms with Crippen molar-refractivity contribution in [3.05, 3.63) is 23.3 Å². The number of aliphatic carboxylic acids is 1. The predicted molar refractivity (Wildman–Crippen MR) is 48.3 cm³/mol. The van der Waals surface area contributed by atoms with Crippen LogP contribution < -0.4 is 0 Å². The van der Waals surface area contributed by atoms with Gasteiger partial charge in [0, 0.05) is 12.0 Å². The van der Waals surface area contributed by atoms with Crippen molar-refractivity contribution in [1.82, 2.24) is 0 Å². The van der Waals surface area contributed by atoms with Gasteiger partial charge in [0.2, 0.25) is 0 Å². The van der Waals surface area contributed by atoms with E-state index >= 15 is 0 Å². The average Bonchev–Trinajstić information content (AvgIpc) is 2.05. The van der Waals surface area contributed by atoms with Crippen molar-refractivity contribution in [2.75, 3.05) is 0 Å². The van der Waals surface area contributed by atoms with Crippen LogP contribution in [0.2, 0.25) is 0 Å². The highest BCUT2D eigenvalue weighted by Crippen LogP contribution is 2.17. The molecule has 0 aromatic carbocycles. The lowest BCUT2D eigenvalue weighted by atomic mass is 9.98. The number of carbonyl (C=O) groups excluding carboxylic acids is 1. The molecular formula is C10H12O3. The molecule has 1 aliphatic carbocycles. The highest BCUT2D eigenvalue weighted by atomic mass is 16.4. The summed E-state index contributed by atoms with van der Waals surface area (Å²) in [5.74, 6) is -0.805. The third kappa shape index (κ3) is 2.54. The molecular weight excluding hydrogens is 168 g/mol. The van der Waals surface area contributed by atoms with Gasteiger partial charge in [-0.25, -0.2) is 4.79 Å². The van der Waals surface area contributed by atoms with E-state index in [-0.39, 0.29) is 5.78 Å². The van der Waals surface area contributed by atoms with E-state index in [9.17, 15) is 9.59 Å². The van der Waals surface area contributed by atoms with Gasteiger partial charge < -0.3 is 5.11 Å². The molecule has 3 heteroatoms. The Kier molecular flexibility index (Phi) is 3.01. The molecule has 0 spiro atoms. The fraction of sp³-hybridized carbons (Fsp3) is 0.400. The number of hydrogen-bond acceptors (Lipinski definition) is 2. The lowest BCUT2D eigenvalue weighted by Crippen LogP contribution is -2.06. The van der Waals surface area contributed by atoms with Crippen LogP contribution in [-0.4, -0.2) is 16.9 Å². The van der Waals surface area contributed by atoms with Crippen LogP contribution in [0.5, 0.6) is 0 Å². The van der Waals surface area contributed by atoms with Crippen LogP contribution in [0, 0.1) is 0 Å². The molecule has 1 aliphatic rings. The summed E-state index contributed by atoms with van der Waals surface area (Å²) >= 11 is 0. The molecule has 0 heterocycles. The lowest BCUT2D eigenvalue weighted by Gasteiger charge is -2.07. The standard InChI is InChI=1S/C10H12O3/c1-7-5-6-8(11)3-2-4-9(7)10(12)13/h5-6H,2-4H2,1H3,(H,12,13). The first-order valence-corrected chi connectivity index (χ1v) is 4.25. The summed E-state index contributed by atoms with van der Waals surface area (Å²) in [6, 6.07) is 0. The summed E-state index contributed by atoms with van der Waals surface area (Å²) in [5.41, 5.74) is 1.10. The first-order valence-electron chi connectivity index (χ1n) is 4.25. The van der Waals surface area contributed by atoms with E-state index in [0.29, 0.717) is 30.4 Å². The third-order valence-electron chi connectivity index (χ3n) is 2.10. The van der Waals surface area contributed by atoms with Crippen LogP contribution in [0.25, 0.3) is 0 Å². The van der Waals surface area contributed by atoms with Gasteiger partial charge in [-0.3, -0.25) is 4.79 Å². The zero-order valence-electron chi connectivity index (χ0n) is 7.54. The van der Waals surface area contributed by atoms with Crippen molar-refractivity contribution >= 4 is 11.8 Å². The summed E-state index contributed by atoms with van der Waals surface area (Å²) in [5, 5.41) is 8.81. The zero-order chi connectivity index (χ0) is 9.84. The van der Waals surface area contributed by atoms with E-state index in [0.717, 1.165) is 0 Å². The molecule has 1 rings (SSSR count). The second-order valence-corrected chi connectivity index (χ2v) is 3.12. The molecule has 0 unspecified atom stereocenters. The molecule has 13 heavy (non-hydrogen) atoms. The molecule has 0 aromatic rings. The van der Waals surface area contributed by atoms with Gasteiger partial charge in [-0.15, -0.1) is 0 Å². The Morgan fingerprint density at radius 3 is 2.69 bits per heavy atom. The largest absolute Gasteiger partial charge is 0.478 e. The van der Waals surface area contributed by atoms with Crippen molar-refractivity contribution in [3.63, 3.8) is 0 Å². The fourth-order valence-electron chi connectivity index (χ4n) is 1.31. The number of carboxylic acids is 1. The molecule has 1 N–H and O–H groups in total. The van der Waals surface area contributed by atoms with Gasteiger partial charge >= 0.3 is 5.97 Å². The Hall–Kier alpha value is -1.38. The summed E-state index contributed by atoms with van der Waals surface area (Å²) in [7, 11) is 0. The van der Waals surface area contributed by atoms with Crippen molar-refractivity contribution in [2.45, 2.75) is 26.2 Å². The van der Waals surface area contributed by atoms with Gasteiger partial charge in [0.25, 0.3) is 0 Å². The van der Waals surface area contributed by atoms with Gasteiger partial charge in [0.05, 0.1) is 0 Å². The number of ketones is 1. The van der Waals surface area contributed by atoms with Crippen molar-refractivity contribution in [1.29, 1.82) is 0 Å². The van der Waals surface area contributed by atoms with E-state index in [1.54, 1.807) is 13.0 Å².